The average Bonchev–Trinajstić information content (AvgIpc) is 3.22. The van der Waals surface area contributed by atoms with Crippen LogP contribution >= 0.6 is 11.3 Å². The fourth-order valence-corrected chi connectivity index (χ4v) is 4.10. The molecule has 0 atom stereocenters. The van der Waals surface area contributed by atoms with E-state index in [1.54, 1.807) is 12.1 Å². The number of thiazole rings is 1. The number of hydrogen-bond acceptors (Lipinski definition) is 4. The lowest BCUT2D eigenvalue weighted by atomic mass is 10.1. The molecule has 2 aromatic carbocycles. The van der Waals surface area contributed by atoms with E-state index in [1.807, 2.05) is 42.2 Å². The normalized spacial score (nSPS) is 14.2. The molecule has 1 aliphatic heterocycles. The van der Waals surface area contributed by atoms with Gasteiger partial charge in [-0.15, -0.1) is 0 Å². The fraction of sp³-hybridized carbons (Fsp3) is 0.250. The van der Waals surface area contributed by atoms with Crippen molar-refractivity contribution in [1.82, 2.24) is 9.88 Å². The van der Waals surface area contributed by atoms with Gasteiger partial charge in [-0.05, 0) is 42.7 Å². The lowest BCUT2D eigenvalue weighted by Gasteiger charge is -2.15. The van der Waals surface area contributed by atoms with E-state index in [4.69, 9.17) is 0 Å². The summed E-state index contributed by atoms with van der Waals surface area (Å²) in [6.07, 6.45) is 1.57. The minimum atomic E-state index is -0.175. The molecule has 2 amide bonds. The molecule has 0 unspecified atom stereocenters. The van der Waals surface area contributed by atoms with E-state index in [0.29, 0.717) is 23.7 Å². The van der Waals surface area contributed by atoms with Crippen molar-refractivity contribution in [3.05, 3.63) is 59.2 Å². The van der Waals surface area contributed by atoms with Crippen LogP contribution < -0.4 is 5.32 Å². The molecule has 2 heterocycles. The highest BCUT2D eigenvalue weighted by molar-refractivity contribution is 7.22. The van der Waals surface area contributed by atoms with Gasteiger partial charge in [0, 0.05) is 25.1 Å². The van der Waals surface area contributed by atoms with E-state index in [2.05, 4.69) is 10.3 Å². The summed E-state index contributed by atoms with van der Waals surface area (Å²) in [5.74, 6) is 0.0310. The molecule has 5 nitrogen and oxygen atoms in total. The van der Waals surface area contributed by atoms with Gasteiger partial charge >= 0.3 is 0 Å². The number of rotatable bonds is 4. The van der Waals surface area contributed by atoms with Crippen LogP contribution in [-0.2, 0) is 11.3 Å². The molecule has 0 spiro atoms. The highest BCUT2D eigenvalue weighted by Crippen LogP contribution is 2.28. The highest BCUT2D eigenvalue weighted by Gasteiger charge is 2.20. The first-order valence-corrected chi connectivity index (χ1v) is 9.46. The molecule has 132 valence electrons. The Bertz CT molecular complexity index is 978. The third-order valence-corrected chi connectivity index (χ3v) is 5.54. The second-order valence-electron chi connectivity index (χ2n) is 6.51. The number of nitrogens with zero attached hydrogens (tertiary/aromatic N) is 2. The first-order valence-electron chi connectivity index (χ1n) is 8.64. The molecule has 3 aromatic rings. The van der Waals surface area contributed by atoms with Crippen LogP contribution in [0.4, 0.5) is 5.13 Å². The van der Waals surface area contributed by atoms with Crippen LogP contribution in [0.25, 0.3) is 10.2 Å². The summed E-state index contributed by atoms with van der Waals surface area (Å²) in [4.78, 5) is 30.6. The molecule has 0 saturated carbocycles. The molecule has 0 aliphatic carbocycles. The molecule has 1 fully saturated rings. The Balaban J connectivity index is 1.45. The third kappa shape index (κ3) is 3.32. The Labute approximate surface area is 155 Å². The number of benzene rings is 2. The predicted octanol–water partition coefficient (Wildman–Crippen LogP) is 3.98. The van der Waals surface area contributed by atoms with Gasteiger partial charge in [-0.3, -0.25) is 14.9 Å². The maximum absolute atomic E-state index is 12.5. The van der Waals surface area contributed by atoms with Crippen molar-refractivity contribution >= 4 is 38.5 Å². The van der Waals surface area contributed by atoms with E-state index < -0.39 is 0 Å². The largest absolute Gasteiger partial charge is 0.338 e. The second-order valence-corrected chi connectivity index (χ2v) is 7.54. The van der Waals surface area contributed by atoms with E-state index in [0.717, 1.165) is 34.3 Å². The molecular weight excluding hydrogens is 346 g/mol. The summed E-state index contributed by atoms with van der Waals surface area (Å²) < 4.78 is 1.06. The number of likely N-dealkylation sites (tertiary alicyclic amines) is 1. The van der Waals surface area contributed by atoms with Crippen LogP contribution in [0.1, 0.15) is 34.3 Å². The van der Waals surface area contributed by atoms with Crippen LogP contribution in [0.2, 0.25) is 0 Å². The molecule has 1 N–H and O–H groups in total. The minimum absolute atomic E-state index is 0.175. The number of fused-ring (bicyclic) bond motifs is 1. The van der Waals surface area contributed by atoms with Crippen LogP contribution in [-0.4, -0.2) is 28.2 Å². The standard InChI is InChI=1S/C20H19N3O2S/c1-13-4-2-5-16-18(13)21-20(26-16)22-19(25)15-9-7-14(8-10-15)12-23-11-3-6-17(23)24/h2,4-5,7-10H,3,6,11-12H2,1H3,(H,21,22,25). The lowest BCUT2D eigenvalue weighted by molar-refractivity contribution is -0.128. The van der Waals surface area contributed by atoms with Gasteiger partial charge in [0.05, 0.1) is 10.2 Å². The Morgan fingerprint density at radius 3 is 2.73 bits per heavy atom. The van der Waals surface area contributed by atoms with Gasteiger partial charge in [0.2, 0.25) is 5.91 Å². The summed E-state index contributed by atoms with van der Waals surface area (Å²) in [7, 11) is 0. The van der Waals surface area contributed by atoms with Gasteiger partial charge in [0.25, 0.3) is 5.91 Å². The molecule has 0 radical (unpaired) electrons. The molecule has 4 rings (SSSR count). The topological polar surface area (TPSA) is 62.3 Å². The van der Waals surface area contributed by atoms with E-state index in [-0.39, 0.29) is 11.8 Å². The average molecular weight is 365 g/mol. The van der Waals surface area contributed by atoms with Gasteiger partial charge in [-0.25, -0.2) is 4.98 Å². The Morgan fingerprint density at radius 2 is 2.04 bits per heavy atom. The number of carbonyl (C=O) groups is 2. The summed E-state index contributed by atoms with van der Waals surface area (Å²) in [5, 5.41) is 3.48. The number of para-hydroxylation sites is 1. The van der Waals surface area contributed by atoms with Crippen molar-refractivity contribution in [2.75, 3.05) is 11.9 Å². The van der Waals surface area contributed by atoms with Crippen molar-refractivity contribution in [2.24, 2.45) is 0 Å². The van der Waals surface area contributed by atoms with Gasteiger partial charge in [-0.1, -0.05) is 35.6 Å². The van der Waals surface area contributed by atoms with Crippen LogP contribution in [0.5, 0.6) is 0 Å². The van der Waals surface area contributed by atoms with Gasteiger partial charge in [0.1, 0.15) is 0 Å². The van der Waals surface area contributed by atoms with E-state index >= 15 is 0 Å². The monoisotopic (exact) mass is 365 g/mol. The van der Waals surface area contributed by atoms with Gasteiger partial charge < -0.3 is 4.90 Å². The third-order valence-electron chi connectivity index (χ3n) is 4.60. The number of amides is 2. The number of anilines is 1. The molecular formula is C20H19N3O2S. The van der Waals surface area contributed by atoms with Crippen molar-refractivity contribution < 1.29 is 9.59 Å². The molecule has 6 heteroatoms. The van der Waals surface area contributed by atoms with E-state index in [1.165, 1.54) is 11.3 Å². The maximum Gasteiger partial charge on any atom is 0.257 e. The number of nitrogens with one attached hydrogen (secondary N) is 1. The zero-order chi connectivity index (χ0) is 18.1. The first kappa shape index (κ1) is 16.7. The van der Waals surface area contributed by atoms with Crippen LogP contribution in [0.15, 0.2) is 42.5 Å². The number of carbonyl (C=O) groups excluding carboxylic acids is 2. The molecule has 1 aromatic heterocycles. The smallest absolute Gasteiger partial charge is 0.257 e. The number of aryl methyl sites for hydroxylation is 1. The molecule has 1 saturated heterocycles. The number of hydrogen-bond donors (Lipinski definition) is 1. The zero-order valence-electron chi connectivity index (χ0n) is 14.5. The first-order chi connectivity index (χ1) is 12.6. The molecule has 26 heavy (non-hydrogen) atoms. The quantitative estimate of drug-likeness (QED) is 0.761. The Kier molecular flexibility index (Phi) is 4.42. The zero-order valence-corrected chi connectivity index (χ0v) is 15.3. The summed E-state index contributed by atoms with van der Waals surface area (Å²) >= 11 is 1.47. The Morgan fingerprint density at radius 1 is 1.23 bits per heavy atom. The fourth-order valence-electron chi connectivity index (χ4n) is 3.16. The van der Waals surface area contributed by atoms with Crippen molar-refractivity contribution in [1.29, 1.82) is 0 Å². The lowest BCUT2D eigenvalue weighted by Crippen LogP contribution is -2.23. The summed E-state index contributed by atoms with van der Waals surface area (Å²) in [6.45, 7) is 3.44. The SMILES string of the molecule is Cc1cccc2sc(NC(=O)c3ccc(CN4CCCC4=O)cc3)nc12. The van der Waals surface area contributed by atoms with Crippen LogP contribution in [0, 0.1) is 6.92 Å². The number of aromatic nitrogens is 1. The van der Waals surface area contributed by atoms with Crippen molar-refractivity contribution in [3.8, 4) is 0 Å². The predicted molar refractivity (Wildman–Crippen MR) is 103 cm³/mol. The summed E-state index contributed by atoms with van der Waals surface area (Å²) in [6, 6.07) is 13.4. The van der Waals surface area contributed by atoms with Crippen molar-refractivity contribution in [3.63, 3.8) is 0 Å². The van der Waals surface area contributed by atoms with E-state index in [9.17, 15) is 9.59 Å². The molecule has 1 aliphatic rings. The maximum atomic E-state index is 12.5. The van der Waals surface area contributed by atoms with Gasteiger partial charge in [0.15, 0.2) is 5.13 Å². The second kappa shape index (κ2) is 6.88. The van der Waals surface area contributed by atoms with Crippen molar-refractivity contribution in [2.45, 2.75) is 26.3 Å². The highest BCUT2D eigenvalue weighted by atomic mass is 32.1. The molecule has 0 bridgehead atoms. The van der Waals surface area contributed by atoms with Crippen LogP contribution in [0.3, 0.4) is 0 Å². The van der Waals surface area contributed by atoms with Gasteiger partial charge in [-0.2, -0.15) is 0 Å². The summed E-state index contributed by atoms with van der Waals surface area (Å²) in [5.41, 5.74) is 3.64. The Hall–Kier alpha value is -2.73. The minimum Gasteiger partial charge on any atom is -0.338 e.